The van der Waals surface area contributed by atoms with Crippen LogP contribution in [0.25, 0.3) is 0 Å². The highest BCUT2D eigenvalue weighted by Gasteiger charge is 2.30. The Morgan fingerprint density at radius 3 is 2.41 bits per heavy atom. The van der Waals surface area contributed by atoms with Crippen molar-refractivity contribution in [2.75, 3.05) is 37.6 Å². The predicted octanol–water partition coefficient (Wildman–Crippen LogP) is 3.30. The minimum atomic E-state index is 0.0976. The van der Waals surface area contributed by atoms with Crippen LogP contribution >= 0.6 is 0 Å². The Labute approximate surface area is 174 Å². The fourth-order valence-electron chi connectivity index (χ4n) is 5.28. The number of carbonyl (C=O) groups is 2. The van der Waals surface area contributed by atoms with Crippen LogP contribution in [0, 0.1) is 12.8 Å². The summed E-state index contributed by atoms with van der Waals surface area (Å²) in [5, 5.41) is 0. The van der Waals surface area contributed by atoms with Gasteiger partial charge in [-0.2, -0.15) is 0 Å². The number of rotatable bonds is 4. The van der Waals surface area contributed by atoms with E-state index in [0.717, 1.165) is 63.4 Å². The maximum Gasteiger partial charge on any atom is 0.222 e. The molecule has 2 aliphatic heterocycles. The van der Waals surface area contributed by atoms with E-state index < -0.39 is 0 Å². The van der Waals surface area contributed by atoms with Gasteiger partial charge in [-0.1, -0.05) is 12.8 Å². The van der Waals surface area contributed by atoms with Gasteiger partial charge in [0.2, 0.25) is 11.8 Å². The summed E-state index contributed by atoms with van der Waals surface area (Å²) in [7, 11) is 0. The molecule has 0 bridgehead atoms. The molecule has 0 radical (unpaired) electrons. The van der Waals surface area contributed by atoms with Crippen LogP contribution in [-0.4, -0.2) is 59.3 Å². The van der Waals surface area contributed by atoms with Crippen molar-refractivity contribution in [1.29, 1.82) is 0 Å². The first kappa shape index (κ1) is 20.2. The number of carbonyl (C=O) groups excluding carboxylic acids is 2. The SMILES string of the molecule is CC(=O)N1CCC[C@H]1c1cc(N2CCN(C(=O)CC3CCCC3)CC2)cc(C)n1. The molecule has 3 aliphatic rings. The number of hydrogen-bond acceptors (Lipinski definition) is 4. The number of pyridine rings is 1. The summed E-state index contributed by atoms with van der Waals surface area (Å²) in [4.78, 5) is 35.7. The van der Waals surface area contributed by atoms with E-state index in [4.69, 9.17) is 4.98 Å². The third kappa shape index (κ3) is 4.57. The number of likely N-dealkylation sites (tertiary alicyclic amines) is 1. The minimum absolute atomic E-state index is 0.0976. The molecule has 3 fully saturated rings. The Balaban J connectivity index is 1.40. The first-order valence-corrected chi connectivity index (χ1v) is 11.3. The van der Waals surface area contributed by atoms with Crippen LogP contribution in [0.5, 0.6) is 0 Å². The number of anilines is 1. The van der Waals surface area contributed by atoms with E-state index in [2.05, 4.69) is 21.9 Å². The van der Waals surface area contributed by atoms with Crippen molar-refractivity contribution >= 4 is 17.5 Å². The minimum Gasteiger partial charge on any atom is -0.368 e. The van der Waals surface area contributed by atoms with Gasteiger partial charge in [-0.05, 0) is 50.7 Å². The molecule has 0 aromatic carbocycles. The van der Waals surface area contributed by atoms with E-state index in [0.29, 0.717) is 11.8 Å². The summed E-state index contributed by atoms with van der Waals surface area (Å²) in [5.74, 6) is 1.08. The Bertz CT molecular complexity index is 751. The third-order valence-electron chi connectivity index (χ3n) is 6.89. The number of amides is 2. The summed E-state index contributed by atoms with van der Waals surface area (Å²) >= 11 is 0. The van der Waals surface area contributed by atoms with Crippen molar-refractivity contribution in [2.24, 2.45) is 5.92 Å². The number of nitrogens with zero attached hydrogens (tertiary/aromatic N) is 4. The van der Waals surface area contributed by atoms with Crippen LogP contribution in [0.2, 0.25) is 0 Å². The average molecular weight is 399 g/mol. The van der Waals surface area contributed by atoms with Crippen molar-refractivity contribution in [3.63, 3.8) is 0 Å². The molecule has 3 heterocycles. The van der Waals surface area contributed by atoms with E-state index in [1.54, 1.807) is 6.92 Å². The van der Waals surface area contributed by atoms with Gasteiger partial charge >= 0.3 is 0 Å². The van der Waals surface area contributed by atoms with Crippen molar-refractivity contribution < 1.29 is 9.59 Å². The van der Waals surface area contributed by atoms with E-state index in [-0.39, 0.29) is 11.9 Å². The molecule has 1 atom stereocenters. The van der Waals surface area contributed by atoms with E-state index in [1.165, 1.54) is 31.4 Å². The molecule has 6 heteroatoms. The molecule has 1 aliphatic carbocycles. The van der Waals surface area contributed by atoms with Gasteiger partial charge in [0.25, 0.3) is 0 Å². The zero-order valence-electron chi connectivity index (χ0n) is 17.9. The quantitative estimate of drug-likeness (QED) is 0.781. The van der Waals surface area contributed by atoms with Crippen molar-refractivity contribution in [2.45, 2.75) is 64.8 Å². The van der Waals surface area contributed by atoms with Gasteiger partial charge in [0.15, 0.2) is 0 Å². The molecule has 2 saturated heterocycles. The highest BCUT2D eigenvalue weighted by Crippen LogP contribution is 2.33. The topological polar surface area (TPSA) is 56.8 Å². The summed E-state index contributed by atoms with van der Waals surface area (Å²) in [6, 6.07) is 4.39. The lowest BCUT2D eigenvalue weighted by atomic mass is 10.0. The molecule has 0 N–H and O–H groups in total. The lowest BCUT2D eigenvalue weighted by Crippen LogP contribution is -2.49. The zero-order chi connectivity index (χ0) is 20.4. The Kier molecular flexibility index (Phi) is 6.07. The van der Waals surface area contributed by atoms with Crippen LogP contribution in [0.15, 0.2) is 12.1 Å². The average Bonchev–Trinajstić information content (AvgIpc) is 3.39. The Morgan fingerprint density at radius 1 is 1.00 bits per heavy atom. The van der Waals surface area contributed by atoms with Crippen LogP contribution in [-0.2, 0) is 9.59 Å². The van der Waals surface area contributed by atoms with E-state index >= 15 is 0 Å². The summed E-state index contributed by atoms with van der Waals surface area (Å²) in [6.45, 7) is 7.82. The fourth-order valence-corrected chi connectivity index (χ4v) is 5.28. The van der Waals surface area contributed by atoms with Gasteiger partial charge < -0.3 is 14.7 Å². The van der Waals surface area contributed by atoms with Gasteiger partial charge in [-0.3, -0.25) is 14.6 Å². The second-order valence-corrected chi connectivity index (χ2v) is 8.98. The molecule has 4 rings (SSSR count). The zero-order valence-corrected chi connectivity index (χ0v) is 17.9. The maximum absolute atomic E-state index is 12.6. The van der Waals surface area contributed by atoms with Gasteiger partial charge in [-0.25, -0.2) is 0 Å². The highest BCUT2D eigenvalue weighted by molar-refractivity contribution is 5.77. The van der Waals surface area contributed by atoms with Crippen LogP contribution in [0.1, 0.15) is 69.3 Å². The lowest BCUT2D eigenvalue weighted by Gasteiger charge is -2.37. The number of hydrogen-bond donors (Lipinski definition) is 0. The van der Waals surface area contributed by atoms with Gasteiger partial charge in [-0.15, -0.1) is 0 Å². The fraction of sp³-hybridized carbons (Fsp3) is 0.696. The Hall–Kier alpha value is -2.11. The standard InChI is InChI=1S/C23H34N4O2/c1-17-14-20(16-21(24-17)22-8-5-9-27(22)18(2)28)25-10-12-26(13-11-25)23(29)15-19-6-3-4-7-19/h14,16,19,22H,3-13,15H2,1-2H3/t22-/m0/s1. The molecule has 1 aromatic rings. The maximum atomic E-state index is 12.6. The number of piperazine rings is 1. The normalized spacial score (nSPS) is 23.1. The van der Waals surface area contributed by atoms with Crippen LogP contribution in [0.3, 0.4) is 0 Å². The number of aromatic nitrogens is 1. The lowest BCUT2D eigenvalue weighted by molar-refractivity contribution is -0.132. The highest BCUT2D eigenvalue weighted by atomic mass is 16.2. The van der Waals surface area contributed by atoms with E-state index in [1.807, 2.05) is 11.8 Å². The van der Waals surface area contributed by atoms with Gasteiger partial charge in [0, 0.05) is 57.4 Å². The first-order chi connectivity index (χ1) is 14.0. The molecule has 158 valence electrons. The van der Waals surface area contributed by atoms with Crippen molar-refractivity contribution in [3.8, 4) is 0 Å². The molecule has 1 saturated carbocycles. The molecule has 29 heavy (non-hydrogen) atoms. The predicted molar refractivity (Wildman–Crippen MR) is 114 cm³/mol. The molecular weight excluding hydrogens is 364 g/mol. The van der Waals surface area contributed by atoms with Crippen molar-refractivity contribution in [3.05, 3.63) is 23.5 Å². The van der Waals surface area contributed by atoms with Crippen LogP contribution in [0.4, 0.5) is 5.69 Å². The summed E-state index contributed by atoms with van der Waals surface area (Å²) < 4.78 is 0. The second kappa shape index (κ2) is 8.72. The molecule has 6 nitrogen and oxygen atoms in total. The molecule has 2 amide bonds. The molecule has 0 unspecified atom stereocenters. The monoisotopic (exact) mass is 398 g/mol. The smallest absolute Gasteiger partial charge is 0.222 e. The molecule has 1 aromatic heterocycles. The first-order valence-electron chi connectivity index (χ1n) is 11.3. The molecule has 0 spiro atoms. The van der Waals surface area contributed by atoms with Crippen molar-refractivity contribution in [1.82, 2.24) is 14.8 Å². The number of aryl methyl sites for hydroxylation is 1. The third-order valence-corrected chi connectivity index (χ3v) is 6.89. The Morgan fingerprint density at radius 2 is 1.72 bits per heavy atom. The van der Waals surface area contributed by atoms with Gasteiger partial charge in [0.05, 0.1) is 11.7 Å². The largest absolute Gasteiger partial charge is 0.368 e. The van der Waals surface area contributed by atoms with Crippen LogP contribution < -0.4 is 4.90 Å². The second-order valence-electron chi connectivity index (χ2n) is 8.98. The molecular formula is C23H34N4O2. The summed E-state index contributed by atoms with van der Waals surface area (Å²) in [5.41, 5.74) is 3.17. The van der Waals surface area contributed by atoms with Gasteiger partial charge in [0.1, 0.15) is 0 Å². The van der Waals surface area contributed by atoms with E-state index in [9.17, 15) is 9.59 Å². The summed E-state index contributed by atoms with van der Waals surface area (Å²) in [6.07, 6.45) is 7.79.